The quantitative estimate of drug-likeness (QED) is 0.465. The van der Waals surface area contributed by atoms with Crippen LogP contribution >= 0.6 is 0 Å². The zero-order chi connectivity index (χ0) is 4.12. The summed E-state index contributed by atoms with van der Waals surface area (Å²) in [6.07, 6.45) is 0.917. The van der Waals surface area contributed by atoms with Crippen LogP contribution in [0.25, 0.3) is 0 Å². The van der Waals surface area contributed by atoms with Gasteiger partial charge in [0.2, 0.25) is 0 Å². The van der Waals surface area contributed by atoms with E-state index in [1.54, 1.807) is 0 Å². The molecule has 0 heterocycles. The lowest BCUT2D eigenvalue weighted by molar-refractivity contribution is 0.469. The Bertz CT molecular complexity index is 12.4. The maximum Gasteiger partial charge on any atom is 0.0952 e. The summed E-state index contributed by atoms with van der Waals surface area (Å²) in [6, 6.07) is 0. The first-order valence-electron chi connectivity index (χ1n) is 1.35. The lowest BCUT2D eigenvalue weighted by atomic mass is 10.5. The molecule has 0 rings (SSSR count). The van der Waals surface area contributed by atoms with E-state index in [0.717, 1.165) is 6.42 Å². The first-order valence-corrected chi connectivity index (χ1v) is 1.35. The van der Waals surface area contributed by atoms with Crippen LogP contribution in [-0.2, 0) is 0 Å². The second kappa shape index (κ2) is 3.86. The first kappa shape index (κ1) is 4.86. The van der Waals surface area contributed by atoms with Crippen molar-refractivity contribution in [2.45, 2.75) is 0 Å². The molecule has 0 N–H and O–H groups in total. The van der Waals surface area contributed by atoms with Crippen molar-refractivity contribution >= 4 is 0 Å². The smallest absolute Gasteiger partial charge is 0.0952 e. The number of rotatable bonds is 2. The summed E-state index contributed by atoms with van der Waals surface area (Å²) >= 11 is 0. The molecule has 2 heteroatoms. The molecule has 5 heavy (non-hydrogen) atoms. The van der Waals surface area contributed by atoms with Gasteiger partial charge in [-0.2, -0.15) is 0 Å². The highest BCUT2D eigenvalue weighted by molar-refractivity contribution is 4.56. The highest BCUT2D eigenvalue weighted by Gasteiger charge is 1.75. The van der Waals surface area contributed by atoms with E-state index >= 15 is 0 Å². The van der Waals surface area contributed by atoms with Crippen LogP contribution in [0.1, 0.15) is 0 Å². The monoisotopic (exact) mass is 79.0 g/mol. The zero-order valence-electron chi connectivity index (χ0n) is 2.75. The Morgan fingerprint density at radius 3 is 1.60 bits per heavy atom. The van der Waals surface area contributed by atoms with Gasteiger partial charge in [0.15, 0.2) is 0 Å². The fourth-order valence-corrected chi connectivity index (χ4v) is 0.0412. The summed E-state index contributed by atoms with van der Waals surface area (Å²) in [6.45, 7) is -1.31. The van der Waals surface area contributed by atoms with Gasteiger partial charge in [0.05, 0.1) is 13.3 Å². The van der Waals surface area contributed by atoms with Gasteiger partial charge in [-0.25, -0.2) is 0 Å². The highest BCUT2D eigenvalue weighted by atomic mass is 19.1. The average Bonchev–Trinajstić information content (AvgIpc) is 1.41. The Hall–Kier alpha value is -0.140. The Morgan fingerprint density at radius 1 is 1.20 bits per heavy atom. The van der Waals surface area contributed by atoms with E-state index in [0.29, 0.717) is 0 Å². The predicted octanol–water partition coefficient (Wildman–Crippen LogP) is 1.13. The molecule has 1 radical (unpaired) electrons. The molecule has 0 nitrogen and oxygen atoms in total. The lowest BCUT2D eigenvalue weighted by Crippen LogP contribution is -1.75. The standard InChI is InChI=1S/C3H5F2/c4-2-1-3-5/h1H,2-3H2. The van der Waals surface area contributed by atoms with E-state index in [-0.39, 0.29) is 0 Å². The molecule has 0 aromatic heterocycles. The van der Waals surface area contributed by atoms with Gasteiger partial charge in [-0.3, -0.25) is 8.78 Å². The van der Waals surface area contributed by atoms with Crippen LogP contribution in [0.5, 0.6) is 0 Å². The fourth-order valence-electron chi connectivity index (χ4n) is 0.0412. The van der Waals surface area contributed by atoms with Crippen molar-refractivity contribution in [1.29, 1.82) is 0 Å². The molecule has 0 aliphatic heterocycles. The normalized spacial score (nSPS) is 8.40. The number of hydrogen-bond acceptors (Lipinski definition) is 0. The molecule has 0 bridgehead atoms. The fraction of sp³-hybridized carbons (Fsp3) is 0.667. The minimum Gasteiger partial charge on any atom is -0.251 e. The van der Waals surface area contributed by atoms with Crippen molar-refractivity contribution in [2.75, 3.05) is 13.3 Å². The van der Waals surface area contributed by atoms with Gasteiger partial charge in [0.1, 0.15) is 0 Å². The van der Waals surface area contributed by atoms with E-state index in [9.17, 15) is 8.78 Å². The van der Waals surface area contributed by atoms with Crippen molar-refractivity contribution in [3.8, 4) is 0 Å². The Balaban J connectivity index is 2.19. The van der Waals surface area contributed by atoms with E-state index < -0.39 is 13.3 Å². The third-order valence-electron chi connectivity index (χ3n) is 0.218. The summed E-state index contributed by atoms with van der Waals surface area (Å²) < 4.78 is 21.4. The van der Waals surface area contributed by atoms with E-state index in [2.05, 4.69) is 0 Å². The summed E-state index contributed by atoms with van der Waals surface area (Å²) in [7, 11) is 0. The maximum absolute atomic E-state index is 10.7. The molecule has 0 spiro atoms. The van der Waals surface area contributed by atoms with Gasteiger partial charge < -0.3 is 0 Å². The zero-order valence-corrected chi connectivity index (χ0v) is 2.75. The molecule has 0 aromatic rings. The Kier molecular flexibility index (Phi) is 3.75. The van der Waals surface area contributed by atoms with Crippen LogP contribution < -0.4 is 0 Å². The van der Waals surface area contributed by atoms with E-state index in [1.807, 2.05) is 0 Å². The lowest BCUT2D eigenvalue weighted by Gasteiger charge is -1.73. The number of alkyl halides is 2. The van der Waals surface area contributed by atoms with Gasteiger partial charge in [0, 0.05) is 6.42 Å². The third-order valence-corrected chi connectivity index (χ3v) is 0.218. The van der Waals surface area contributed by atoms with Crippen molar-refractivity contribution in [3.63, 3.8) is 0 Å². The maximum atomic E-state index is 10.7. The van der Waals surface area contributed by atoms with Crippen LogP contribution in [0.3, 0.4) is 0 Å². The molecular formula is C3H5F2. The molecule has 0 amide bonds. The highest BCUT2D eigenvalue weighted by Crippen LogP contribution is 1.75. The molecule has 0 atom stereocenters. The van der Waals surface area contributed by atoms with Crippen molar-refractivity contribution < 1.29 is 8.78 Å². The van der Waals surface area contributed by atoms with Crippen LogP contribution in [0, 0.1) is 6.42 Å². The first-order chi connectivity index (χ1) is 2.41. The summed E-state index contributed by atoms with van der Waals surface area (Å²) in [4.78, 5) is 0. The second-order valence-corrected chi connectivity index (χ2v) is 0.597. The topological polar surface area (TPSA) is 0 Å². The number of hydrogen-bond donors (Lipinski definition) is 0. The van der Waals surface area contributed by atoms with Gasteiger partial charge in [0.25, 0.3) is 0 Å². The Morgan fingerprint density at radius 2 is 1.60 bits per heavy atom. The molecule has 0 unspecified atom stereocenters. The van der Waals surface area contributed by atoms with Gasteiger partial charge in [-0.05, 0) is 0 Å². The minimum absolute atomic E-state index is 0.656. The van der Waals surface area contributed by atoms with Gasteiger partial charge in [-0.1, -0.05) is 0 Å². The van der Waals surface area contributed by atoms with Crippen LogP contribution in [-0.4, -0.2) is 13.3 Å². The SMILES string of the molecule is FC[CH]CF. The summed E-state index contributed by atoms with van der Waals surface area (Å²) in [5, 5.41) is 0. The summed E-state index contributed by atoms with van der Waals surface area (Å²) in [5.74, 6) is 0. The van der Waals surface area contributed by atoms with Crippen molar-refractivity contribution in [1.82, 2.24) is 0 Å². The van der Waals surface area contributed by atoms with Crippen LogP contribution in [0.2, 0.25) is 0 Å². The second-order valence-electron chi connectivity index (χ2n) is 0.597. The summed E-state index contributed by atoms with van der Waals surface area (Å²) in [5.41, 5.74) is 0. The number of halogens is 2. The molecule has 0 aliphatic rings. The molecule has 0 aromatic carbocycles. The minimum atomic E-state index is -0.656. The molecule has 0 saturated heterocycles. The van der Waals surface area contributed by atoms with Gasteiger partial charge in [-0.15, -0.1) is 0 Å². The van der Waals surface area contributed by atoms with Crippen molar-refractivity contribution in [2.24, 2.45) is 0 Å². The molecular weight excluding hydrogens is 74.0 g/mol. The van der Waals surface area contributed by atoms with E-state index in [4.69, 9.17) is 0 Å². The van der Waals surface area contributed by atoms with Gasteiger partial charge >= 0.3 is 0 Å². The average molecular weight is 79.1 g/mol. The van der Waals surface area contributed by atoms with E-state index in [1.165, 1.54) is 0 Å². The van der Waals surface area contributed by atoms with Crippen LogP contribution in [0.4, 0.5) is 8.78 Å². The Labute approximate surface area is 29.8 Å². The third kappa shape index (κ3) is 3.86. The van der Waals surface area contributed by atoms with Crippen LogP contribution in [0.15, 0.2) is 0 Å². The largest absolute Gasteiger partial charge is 0.251 e. The predicted molar refractivity (Wildman–Crippen MR) is 16.2 cm³/mol. The molecule has 31 valence electrons. The van der Waals surface area contributed by atoms with Crippen molar-refractivity contribution in [3.05, 3.63) is 6.42 Å². The molecule has 0 saturated carbocycles. The molecule has 0 fully saturated rings. The molecule has 0 aliphatic carbocycles.